The molecule has 0 bridgehead atoms. The number of hydrogen-bond acceptors (Lipinski definition) is 4. The van der Waals surface area contributed by atoms with E-state index in [1.165, 1.54) is 0 Å². The predicted octanol–water partition coefficient (Wildman–Crippen LogP) is 0.790. The van der Waals surface area contributed by atoms with Gasteiger partial charge in [0.1, 0.15) is 12.4 Å². The van der Waals surface area contributed by atoms with Gasteiger partial charge in [-0.05, 0) is 30.5 Å². The molecule has 0 aromatic heterocycles. The van der Waals surface area contributed by atoms with Crippen molar-refractivity contribution in [2.75, 3.05) is 6.61 Å². The molecule has 0 fully saturated rings. The van der Waals surface area contributed by atoms with Gasteiger partial charge in [0, 0.05) is 6.42 Å². The van der Waals surface area contributed by atoms with Crippen LogP contribution in [0, 0.1) is 0 Å². The van der Waals surface area contributed by atoms with E-state index in [0.29, 0.717) is 18.6 Å². The van der Waals surface area contributed by atoms with Gasteiger partial charge in [-0.25, -0.2) is 0 Å². The number of Topliss-reactive ketones (excluding diaryl/α,β-unsaturated/α-hetero) is 1. The van der Waals surface area contributed by atoms with Crippen LogP contribution in [0.25, 0.3) is 0 Å². The van der Waals surface area contributed by atoms with Crippen molar-refractivity contribution in [1.82, 2.24) is 0 Å². The number of primary amides is 1. The van der Waals surface area contributed by atoms with Crippen LogP contribution in [-0.2, 0) is 16.0 Å². The van der Waals surface area contributed by atoms with Gasteiger partial charge < -0.3 is 16.2 Å². The molecule has 0 heterocycles. The second-order valence-electron chi connectivity index (χ2n) is 4.43. The molecule has 1 aromatic rings. The van der Waals surface area contributed by atoms with Crippen LogP contribution in [0.2, 0.25) is 0 Å². The second-order valence-corrected chi connectivity index (χ2v) is 4.43. The van der Waals surface area contributed by atoms with Crippen molar-refractivity contribution in [2.45, 2.75) is 32.2 Å². The van der Waals surface area contributed by atoms with Crippen molar-refractivity contribution in [3.05, 3.63) is 29.8 Å². The summed E-state index contributed by atoms with van der Waals surface area (Å²) in [5, 5.41) is 0. The van der Waals surface area contributed by atoms with Crippen molar-refractivity contribution in [2.24, 2.45) is 11.5 Å². The average molecular weight is 264 g/mol. The van der Waals surface area contributed by atoms with E-state index >= 15 is 0 Å². The lowest BCUT2D eigenvalue weighted by Gasteiger charge is -2.09. The largest absolute Gasteiger partial charge is 0.486 e. The van der Waals surface area contributed by atoms with Crippen LogP contribution >= 0.6 is 0 Å². The van der Waals surface area contributed by atoms with E-state index in [4.69, 9.17) is 16.2 Å². The highest BCUT2D eigenvalue weighted by atomic mass is 16.5. The highest BCUT2D eigenvalue weighted by molar-refractivity contribution is 5.80. The molecule has 0 spiro atoms. The third kappa shape index (κ3) is 5.52. The maximum Gasteiger partial charge on any atom is 0.234 e. The molecule has 5 heteroatoms. The van der Waals surface area contributed by atoms with E-state index in [1.54, 1.807) is 12.1 Å². The summed E-state index contributed by atoms with van der Waals surface area (Å²) in [6.45, 7) is 2.04. The highest BCUT2D eigenvalue weighted by Crippen LogP contribution is 2.13. The van der Waals surface area contributed by atoms with E-state index in [2.05, 4.69) is 0 Å². The average Bonchev–Trinajstić information content (AvgIpc) is 2.38. The molecule has 1 atom stereocenters. The van der Waals surface area contributed by atoms with Crippen molar-refractivity contribution < 1.29 is 14.3 Å². The molecule has 0 unspecified atom stereocenters. The van der Waals surface area contributed by atoms with Crippen molar-refractivity contribution in [1.29, 1.82) is 0 Å². The molecular weight excluding hydrogens is 244 g/mol. The summed E-state index contributed by atoms with van der Waals surface area (Å²) in [4.78, 5) is 22.2. The Hall–Kier alpha value is -1.88. The molecule has 4 N–H and O–H groups in total. The summed E-state index contributed by atoms with van der Waals surface area (Å²) in [6, 6.07) is 6.44. The summed E-state index contributed by atoms with van der Waals surface area (Å²) in [7, 11) is 0. The molecule has 1 amide bonds. The number of benzene rings is 1. The van der Waals surface area contributed by atoms with E-state index in [-0.39, 0.29) is 12.4 Å². The topological polar surface area (TPSA) is 95.4 Å². The Morgan fingerprint density at radius 1 is 1.26 bits per heavy atom. The standard InChI is InChI=1S/C14H20N2O3/c1-2-3-11(17)9-19-12-6-4-10(5-7-12)8-13(15)14(16)18/h4-7,13H,2-3,8-9,15H2,1H3,(H2,16,18)/t13-/m0/s1. The minimum atomic E-state index is -0.682. The molecular formula is C14H20N2O3. The highest BCUT2D eigenvalue weighted by Gasteiger charge is 2.10. The number of ketones is 1. The molecule has 19 heavy (non-hydrogen) atoms. The Morgan fingerprint density at radius 3 is 2.42 bits per heavy atom. The summed E-state index contributed by atoms with van der Waals surface area (Å²) < 4.78 is 5.36. The van der Waals surface area contributed by atoms with Gasteiger partial charge in [-0.3, -0.25) is 9.59 Å². The van der Waals surface area contributed by atoms with Crippen LogP contribution in [0.1, 0.15) is 25.3 Å². The lowest BCUT2D eigenvalue weighted by molar-refractivity contribution is -0.121. The number of hydrogen-bond donors (Lipinski definition) is 2. The number of ether oxygens (including phenoxy) is 1. The fraction of sp³-hybridized carbons (Fsp3) is 0.429. The zero-order valence-corrected chi connectivity index (χ0v) is 11.1. The van der Waals surface area contributed by atoms with E-state index in [9.17, 15) is 9.59 Å². The van der Waals surface area contributed by atoms with Gasteiger partial charge in [-0.2, -0.15) is 0 Å². The number of nitrogens with two attached hydrogens (primary N) is 2. The molecule has 0 saturated carbocycles. The Bertz CT molecular complexity index is 429. The van der Waals surface area contributed by atoms with Gasteiger partial charge in [0.15, 0.2) is 5.78 Å². The monoisotopic (exact) mass is 264 g/mol. The van der Waals surface area contributed by atoms with Crippen LogP contribution in [-0.4, -0.2) is 24.3 Å². The molecule has 5 nitrogen and oxygen atoms in total. The Labute approximate surface area is 112 Å². The maximum absolute atomic E-state index is 11.3. The van der Waals surface area contributed by atoms with E-state index in [0.717, 1.165) is 12.0 Å². The lowest BCUT2D eigenvalue weighted by atomic mass is 10.1. The Kier molecular flexibility index (Phi) is 6.02. The zero-order valence-electron chi connectivity index (χ0n) is 11.1. The van der Waals surface area contributed by atoms with Crippen molar-refractivity contribution >= 4 is 11.7 Å². The second kappa shape index (κ2) is 7.53. The van der Waals surface area contributed by atoms with Gasteiger partial charge in [0.05, 0.1) is 6.04 Å². The zero-order chi connectivity index (χ0) is 14.3. The van der Waals surface area contributed by atoms with E-state index < -0.39 is 11.9 Å². The van der Waals surface area contributed by atoms with Gasteiger partial charge in [0.25, 0.3) is 0 Å². The van der Waals surface area contributed by atoms with Gasteiger partial charge in [-0.15, -0.1) is 0 Å². The Balaban J connectivity index is 2.47. The summed E-state index contributed by atoms with van der Waals surface area (Å²) in [6.07, 6.45) is 1.75. The lowest BCUT2D eigenvalue weighted by Crippen LogP contribution is -2.38. The molecule has 0 aliphatic heterocycles. The minimum Gasteiger partial charge on any atom is -0.486 e. The van der Waals surface area contributed by atoms with Crippen molar-refractivity contribution in [3.8, 4) is 5.75 Å². The number of amides is 1. The quantitative estimate of drug-likeness (QED) is 0.725. The SMILES string of the molecule is CCCC(=O)COc1ccc(C[C@H](N)C(N)=O)cc1. The minimum absolute atomic E-state index is 0.0855. The molecule has 1 aromatic carbocycles. The number of carbonyl (C=O) groups is 2. The van der Waals surface area contributed by atoms with Crippen molar-refractivity contribution in [3.63, 3.8) is 0 Å². The molecule has 0 radical (unpaired) electrons. The molecule has 104 valence electrons. The van der Waals surface area contributed by atoms with Crippen LogP contribution in [0.5, 0.6) is 5.75 Å². The van der Waals surface area contributed by atoms with Crippen LogP contribution in [0.3, 0.4) is 0 Å². The summed E-state index contributed by atoms with van der Waals surface area (Å²) >= 11 is 0. The van der Waals surface area contributed by atoms with Crippen LogP contribution in [0.4, 0.5) is 0 Å². The maximum atomic E-state index is 11.3. The van der Waals surface area contributed by atoms with Gasteiger partial charge in [0.2, 0.25) is 5.91 Å². The van der Waals surface area contributed by atoms with Gasteiger partial charge in [-0.1, -0.05) is 19.1 Å². The van der Waals surface area contributed by atoms with E-state index in [1.807, 2.05) is 19.1 Å². The first kappa shape index (κ1) is 15.2. The number of carbonyl (C=O) groups excluding carboxylic acids is 2. The Morgan fingerprint density at radius 2 is 1.89 bits per heavy atom. The van der Waals surface area contributed by atoms with Crippen LogP contribution in [0.15, 0.2) is 24.3 Å². The first-order valence-corrected chi connectivity index (χ1v) is 6.31. The fourth-order valence-electron chi connectivity index (χ4n) is 1.59. The fourth-order valence-corrected chi connectivity index (χ4v) is 1.59. The number of rotatable bonds is 8. The summed E-state index contributed by atoms with van der Waals surface area (Å²) in [5.41, 5.74) is 11.6. The third-order valence-electron chi connectivity index (χ3n) is 2.67. The summed E-state index contributed by atoms with van der Waals surface area (Å²) in [5.74, 6) is 0.189. The molecule has 0 aliphatic rings. The van der Waals surface area contributed by atoms with Crippen LogP contribution < -0.4 is 16.2 Å². The molecule has 0 saturated heterocycles. The predicted molar refractivity (Wildman–Crippen MR) is 72.7 cm³/mol. The first-order valence-electron chi connectivity index (χ1n) is 6.31. The van der Waals surface area contributed by atoms with Gasteiger partial charge >= 0.3 is 0 Å². The third-order valence-corrected chi connectivity index (χ3v) is 2.67. The molecule has 0 aliphatic carbocycles. The first-order chi connectivity index (χ1) is 9.02. The normalized spacial score (nSPS) is 11.9. The smallest absolute Gasteiger partial charge is 0.234 e. The molecule has 1 rings (SSSR count).